The second kappa shape index (κ2) is 7.11. The summed E-state index contributed by atoms with van der Waals surface area (Å²) in [5, 5.41) is 13.2. The van der Waals surface area contributed by atoms with Crippen LogP contribution in [0.2, 0.25) is 0 Å². The molecule has 8 nitrogen and oxygen atoms in total. The monoisotopic (exact) mass is 364 g/mol. The van der Waals surface area contributed by atoms with Crippen LogP contribution in [-0.4, -0.2) is 44.6 Å². The van der Waals surface area contributed by atoms with Crippen molar-refractivity contribution in [3.05, 3.63) is 29.8 Å². The maximum absolute atomic E-state index is 14.7. The van der Waals surface area contributed by atoms with Crippen molar-refractivity contribution in [1.29, 1.82) is 0 Å². The highest BCUT2D eigenvalue weighted by Gasteiger charge is 2.24. The Kier molecular flexibility index (Phi) is 5.29. The van der Waals surface area contributed by atoms with E-state index in [4.69, 9.17) is 4.74 Å². The van der Waals surface area contributed by atoms with Crippen molar-refractivity contribution in [3.63, 3.8) is 0 Å². The summed E-state index contributed by atoms with van der Waals surface area (Å²) in [6.45, 7) is 7.27. The van der Waals surface area contributed by atoms with E-state index in [0.29, 0.717) is 6.54 Å². The molecule has 0 aliphatic rings. The van der Waals surface area contributed by atoms with Crippen molar-refractivity contribution < 1.29 is 23.8 Å². The molecule has 2 aromatic heterocycles. The molecule has 0 radical (unpaired) electrons. The highest BCUT2D eigenvalue weighted by atomic mass is 19.1. The first-order valence-electron chi connectivity index (χ1n) is 7.97. The molecule has 9 heteroatoms. The summed E-state index contributed by atoms with van der Waals surface area (Å²) in [7, 11) is 1.43. The first-order chi connectivity index (χ1) is 12.0. The fraction of sp³-hybridized carbons (Fsp3) is 0.412. The first-order valence-corrected chi connectivity index (χ1v) is 7.97. The lowest BCUT2D eigenvalue weighted by molar-refractivity contribution is 0.0588. The van der Waals surface area contributed by atoms with Gasteiger partial charge in [-0.3, -0.25) is 9.58 Å². The molecule has 0 spiro atoms. The first kappa shape index (κ1) is 19.4. The van der Waals surface area contributed by atoms with Gasteiger partial charge in [0, 0.05) is 19.7 Å². The number of pyridine rings is 1. The molecule has 1 amide bonds. The molecule has 1 N–H and O–H groups in total. The number of aromatic nitrogens is 3. The van der Waals surface area contributed by atoms with E-state index in [0.717, 1.165) is 17.2 Å². The Hall–Kier alpha value is -2.97. The van der Waals surface area contributed by atoms with Gasteiger partial charge < -0.3 is 9.84 Å². The van der Waals surface area contributed by atoms with Gasteiger partial charge in [-0.2, -0.15) is 5.10 Å². The zero-order valence-corrected chi connectivity index (χ0v) is 15.3. The topological polar surface area (TPSA) is 97.5 Å². The van der Waals surface area contributed by atoms with Crippen LogP contribution in [0, 0.1) is 5.82 Å². The van der Waals surface area contributed by atoms with Gasteiger partial charge in [0.15, 0.2) is 5.82 Å². The van der Waals surface area contributed by atoms with Crippen LogP contribution < -0.4 is 4.90 Å². The van der Waals surface area contributed by atoms with E-state index in [1.54, 1.807) is 27.7 Å². The predicted octanol–water partition coefficient (Wildman–Crippen LogP) is 3.17. The standard InChI is InChI=1S/C17H21FN4O4/c1-6-22-14(11(9-20-22)15(23)24)13-12(18)7-10(8-19-13)21(5)16(25)26-17(2,3)4/h7-9H,6H2,1-5H3,(H,23,24). The molecule has 26 heavy (non-hydrogen) atoms. The van der Waals surface area contributed by atoms with Crippen molar-refractivity contribution in [2.45, 2.75) is 39.8 Å². The summed E-state index contributed by atoms with van der Waals surface area (Å²) < 4.78 is 21.2. The van der Waals surface area contributed by atoms with Gasteiger partial charge in [0.1, 0.15) is 22.6 Å². The molecule has 0 fully saturated rings. The van der Waals surface area contributed by atoms with Gasteiger partial charge in [0.05, 0.1) is 18.1 Å². The third-order valence-electron chi connectivity index (χ3n) is 3.48. The van der Waals surface area contributed by atoms with Gasteiger partial charge in [-0.15, -0.1) is 0 Å². The molecule has 2 aromatic rings. The Bertz CT molecular complexity index is 842. The zero-order chi connectivity index (χ0) is 19.6. The average molecular weight is 364 g/mol. The average Bonchev–Trinajstić information content (AvgIpc) is 2.96. The minimum absolute atomic E-state index is 0.0731. The molecule has 0 aromatic carbocycles. The van der Waals surface area contributed by atoms with Crippen LogP contribution in [-0.2, 0) is 11.3 Å². The van der Waals surface area contributed by atoms with E-state index in [9.17, 15) is 19.1 Å². The van der Waals surface area contributed by atoms with E-state index in [1.165, 1.54) is 17.9 Å². The molecule has 2 heterocycles. The van der Waals surface area contributed by atoms with Gasteiger partial charge in [0.2, 0.25) is 0 Å². The number of aryl methyl sites for hydroxylation is 1. The number of carboxylic acids is 1. The van der Waals surface area contributed by atoms with E-state index in [-0.39, 0.29) is 22.6 Å². The number of rotatable bonds is 4. The fourth-order valence-electron chi connectivity index (χ4n) is 2.25. The summed E-state index contributed by atoms with van der Waals surface area (Å²) in [4.78, 5) is 28.6. The number of carbonyl (C=O) groups excluding carboxylic acids is 1. The number of halogens is 1. The quantitative estimate of drug-likeness (QED) is 0.895. The Morgan fingerprint density at radius 3 is 2.50 bits per heavy atom. The van der Waals surface area contributed by atoms with Crippen molar-refractivity contribution in [2.24, 2.45) is 0 Å². The Morgan fingerprint density at radius 1 is 1.35 bits per heavy atom. The number of aromatic carboxylic acids is 1. The minimum atomic E-state index is -1.23. The highest BCUT2D eigenvalue weighted by Crippen LogP contribution is 2.27. The van der Waals surface area contributed by atoms with E-state index >= 15 is 0 Å². The predicted molar refractivity (Wildman–Crippen MR) is 92.7 cm³/mol. The number of anilines is 1. The summed E-state index contributed by atoms with van der Waals surface area (Å²) in [5.41, 5.74) is -0.736. The van der Waals surface area contributed by atoms with Crippen LogP contribution in [0.5, 0.6) is 0 Å². The molecule has 0 unspecified atom stereocenters. The lowest BCUT2D eigenvalue weighted by Crippen LogP contribution is -2.34. The Morgan fingerprint density at radius 2 is 2.00 bits per heavy atom. The van der Waals surface area contributed by atoms with Crippen LogP contribution in [0.25, 0.3) is 11.4 Å². The maximum Gasteiger partial charge on any atom is 0.414 e. The van der Waals surface area contributed by atoms with Gasteiger partial charge >= 0.3 is 12.1 Å². The number of carboxylic acid groups (broad SMARTS) is 1. The molecular formula is C17H21FN4O4. The molecular weight excluding hydrogens is 343 g/mol. The lowest BCUT2D eigenvalue weighted by atomic mass is 10.1. The second-order valence-electron chi connectivity index (χ2n) is 6.59. The normalized spacial score (nSPS) is 11.3. The minimum Gasteiger partial charge on any atom is -0.478 e. The fourth-order valence-corrected chi connectivity index (χ4v) is 2.25. The molecule has 2 rings (SSSR count). The van der Waals surface area contributed by atoms with Crippen molar-refractivity contribution in [3.8, 4) is 11.4 Å². The van der Waals surface area contributed by atoms with Crippen molar-refractivity contribution in [1.82, 2.24) is 14.8 Å². The summed E-state index contributed by atoms with van der Waals surface area (Å²) in [6, 6.07) is 1.10. The largest absolute Gasteiger partial charge is 0.478 e. The Balaban J connectivity index is 2.41. The summed E-state index contributed by atoms with van der Waals surface area (Å²) in [6.07, 6.45) is 1.78. The van der Waals surface area contributed by atoms with E-state index in [1.807, 2.05) is 0 Å². The third-order valence-corrected chi connectivity index (χ3v) is 3.48. The summed E-state index contributed by atoms with van der Waals surface area (Å²) >= 11 is 0. The van der Waals surface area contributed by atoms with Gasteiger partial charge in [-0.1, -0.05) is 0 Å². The number of amides is 1. The zero-order valence-electron chi connectivity index (χ0n) is 15.3. The highest BCUT2D eigenvalue weighted by molar-refractivity contribution is 5.94. The number of hydrogen-bond donors (Lipinski definition) is 1. The SMILES string of the molecule is CCn1ncc(C(=O)O)c1-c1ncc(N(C)C(=O)OC(C)(C)C)cc1F. The van der Waals surface area contributed by atoms with Crippen molar-refractivity contribution >= 4 is 17.7 Å². The van der Waals surface area contributed by atoms with Gasteiger partial charge in [0.25, 0.3) is 0 Å². The second-order valence-corrected chi connectivity index (χ2v) is 6.59. The maximum atomic E-state index is 14.7. The number of hydrogen-bond acceptors (Lipinski definition) is 5. The number of ether oxygens (including phenoxy) is 1. The van der Waals surface area contributed by atoms with E-state index in [2.05, 4.69) is 10.1 Å². The van der Waals surface area contributed by atoms with Gasteiger partial charge in [-0.25, -0.2) is 19.0 Å². The van der Waals surface area contributed by atoms with Crippen molar-refractivity contribution in [2.75, 3.05) is 11.9 Å². The lowest BCUT2D eigenvalue weighted by Gasteiger charge is -2.24. The number of nitrogens with zero attached hydrogens (tertiary/aromatic N) is 4. The van der Waals surface area contributed by atoms with Crippen LogP contribution in [0.3, 0.4) is 0 Å². The molecule has 0 bridgehead atoms. The van der Waals surface area contributed by atoms with Gasteiger partial charge in [-0.05, 0) is 27.7 Å². The molecule has 0 aliphatic carbocycles. The smallest absolute Gasteiger partial charge is 0.414 e. The van der Waals surface area contributed by atoms with Crippen LogP contribution in [0.15, 0.2) is 18.5 Å². The molecule has 0 aliphatic heterocycles. The molecule has 0 saturated carbocycles. The molecule has 140 valence electrons. The van der Waals surface area contributed by atoms with Crippen LogP contribution in [0.1, 0.15) is 38.1 Å². The summed E-state index contributed by atoms with van der Waals surface area (Å²) in [5.74, 6) is -1.99. The Labute approximate surface area is 150 Å². The number of carbonyl (C=O) groups is 2. The molecule has 0 atom stereocenters. The van der Waals surface area contributed by atoms with Crippen LogP contribution in [0.4, 0.5) is 14.9 Å². The van der Waals surface area contributed by atoms with Crippen LogP contribution >= 0.6 is 0 Å². The van der Waals surface area contributed by atoms with E-state index < -0.39 is 23.5 Å². The molecule has 0 saturated heterocycles. The third kappa shape index (κ3) is 3.98.